The van der Waals surface area contributed by atoms with E-state index in [1.54, 1.807) is 7.11 Å². The Morgan fingerprint density at radius 1 is 1.36 bits per heavy atom. The van der Waals surface area contributed by atoms with E-state index < -0.39 is 0 Å². The van der Waals surface area contributed by atoms with Crippen LogP contribution in [0.2, 0.25) is 0 Å². The van der Waals surface area contributed by atoms with E-state index >= 15 is 0 Å². The fourth-order valence-electron chi connectivity index (χ4n) is 3.02. The molecular weight excluding hydrogens is 302 g/mol. The number of nitrogens with two attached hydrogens (primary N) is 1. The molecule has 2 unspecified atom stereocenters. The van der Waals surface area contributed by atoms with Crippen molar-refractivity contribution in [2.24, 2.45) is 5.73 Å². The molecule has 1 aliphatic rings. The fourth-order valence-corrected chi connectivity index (χ4v) is 3.02. The van der Waals surface area contributed by atoms with Crippen LogP contribution in [0.1, 0.15) is 44.4 Å². The van der Waals surface area contributed by atoms with Crippen molar-refractivity contribution in [3.05, 3.63) is 30.2 Å². The lowest BCUT2D eigenvalue weighted by molar-refractivity contribution is 0.223. The van der Waals surface area contributed by atoms with Crippen LogP contribution < -0.4 is 10.5 Å². The van der Waals surface area contributed by atoms with Crippen molar-refractivity contribution in [1.82, 2.24) is 10.1 Å². The van der Waals surface area contributed by atoms with Crippen LogP contribution in [-0.2, 0) is 0 Å². The van der Waals surface area contributed by atoms with Gasteiger partial charge in [0, 0.05) is 11.1 Å². The molecule has 2 atom stereocenters. The number of nitrogens with zero attached hydrogens (tertiary/aromatic N) is 2. The first kappa shape index (κ1) is 16.8. The summed E-state index contributed by atoms with van der Waals surface area (Å²) in [6.45, 7) is 2.08. The van der Waals surface area contributed by atoms with Crippen LogP contribution in [0.4, 0.5) is 0 Å². The predicted molar refractivity (Wildman–Crippen MR) is 87.3 cm³/mol. The van der Waals surface area contributed by atoms with Crippen LogP contribution in [0.25, 0.3) is 11.4 Å². The average Bonchev–Trinajstić information content (AvgIpc) is 2.96. The lowest BCUT2D eigenvalue weighted by atomic mass is 9.74. The first-order chi connectivity index (χ1) is 10.1. The van der Waals surface area contributed by atoms with Crippen molar-refractivity contribution in [1.29, 1.82) is 0 Å². The van der Waals surface area contributed by atoms with Crippen LogP contribution in [0.15, 0.2) is 28.8 Å². The molecule has 3 rings (SSSR count). The summed E-state index contributed by atoms with van der Waals surface area (Å²) in [4.78, 5) is 4.56. The third kappa shape index (κ3) is 3.25. The molecule has 0 saturated heterocycles. The maximum atomic E-state index is 6.40. The summed E-state index contributed by atoms with van der Waals surface area (Å²) in [5.41, 5.74) is 7.02. The highest BCUT2D eigenvalue weighted by molar-refractivity contribution is 5.85. The average molecular weight is 324 g/mol. The topological polar surface area (TPSA) is 74.2 Å². The third-order valence-electron chi connectivity index (χ3n) is 4.32. The number of hydrogen-bond donors (Lipinski definition) is 1. The van der Waals surface area contributed by atoms with E-state index in [2.05, 4.69) is 17.1 Å². The van der Waals surface area contributed by atoms with E-state index in [-0.39, 0.29) is 23.9 Å². The Hall–Kier alpha value is -1.59. The second kappa shape index (κ2) is 6.67. The van der Waals surface area contributed by atoms with Gasteiger partial charge in [-0.1, -0.05) is 30.1 Å². The predicted octanol–water partition coefficient (Wildman–Crippen LogP) is 3.54. The molecule has 2 N–H and O–H groups in total. The molecule has 1 aromatic carbocycles. The molecule has 1 fully saturated rings. The van der Waals surface area contributed by atoms with Crippen LogP contribution in [0.5, 0.6) is 5.75 Å². The SMILES string of the molecule is COc1cccc(-c2noc(C3CCCCC3(C)N)n2)c1.Cl. The first-order valence-corrected chi connectivity index (χ1v) is 7.37. The minimum absolute atomic E-state index is 0. The van der Waals surface area contributed by atoms with E-state index in [4.69, 9.17) is 15.0 Å². The largest absolute Gasteiger partial charge is 0.497 e. The van der Waals surface area contributed by atoms with Crippen LogP contribution in [-0.4, -0.2) is 22.8 Å². The third-order valence-corrected chi connectivity index (χ3v) is 4.32. The number of methoxy groups -OCH3 is 1. The van der Waals surface area contributed by atoms with Gasteiger partial charge < -0.3 is 15.0 Å². The number of ether oxygens (including phenoxy) is 1. The summed E-state index contributed by atoms with van der Waals surface area (Å²) < 4.78 is 10.7. The Morgan fingerprint density at radius 2 is 2.18 bits per heavy atom. The Kier molecular flexibility index (Phi) is 5.08. The smallest absolute Gasteiger partial charge is 0.231 e. The van der Waals surface area contributed by atoms with Gasteiger partial charge in [-0.25, -0.2) is 0 Å². The highest BCUT2D eigenvalue weighted by atomic mass is 35.5. The van der Waals surface area contributed by atoms with Gasteiger partial charge in [-0.3, -0.25) is 0 Å². The van der Waals surface area contributed by atoms with Crippen LogP contribution >= 0.6 is 12.4 Å². The molecule has 6 heteroatoms. The van der Waals surface area contributed by atoms with Gasteiger partial charge in [0.15, 0.2) is 0 Å². The summed E-state index contributed by atoms with van der Waals surface area (Å²) in [7, 11) is 1.64. The zero-order chi connectivity index (χ0) is 14.9. The highest BCUT2D eigenvalue weighted by Gasteiger charge is 2.37. The molecule has 1 heterocycles. The Bertz CT molecular complexity index is 627. The van der Waals surface area contributed by atoms with Crippen LogP contribution in [0, 0.1) is 0 Å². The molecule has 22 heavy (non-hydrogen) atoms. The molecule has 120 valence electrons. The molecule has 0 bridgehead atoms. The second-order valence-electron chi connectivity index (χ2n) is 5.99. The van der Waals surface area contributed by atoms with Crippen molar-refractivity contribution in [2.75, 3.05) is 7.11 Å². The second-order valence-corrected chi connectivity index (χ2v) is 5.99. The summed E-state index contributed by atoms with van der Waals surface area (Å²) in [5, 5.41) is 4.11. The molecule has 0 radical (unpaired) electrons. The maximum Gasteiger partial charge on any atom is 0.231 e. The highest BCUT2D eigenvalue weighted by Crippen LogP contribution is 2.38. The lowest BCUT2D eigenvalue weighted by Gasteiger charge is -2.35. The van der Waals surface area contributed by atoms with Crippen molar-refractivity contribution in [3.63, 3.8) is 0 Å². The molecule has 1 aromatic heterocycles. The quantitative estimate of drug-likeness (QED) is 0.935. The van der Waals surface area contributed by atoms with Crippen molar-refractivity contribution in [3.8, 4) is 17.1 Å². The Morgan fingerprint density at radius 3 is 2.91 bits per heavy atom. The Balaban J connectivity index is 0.00000176. The van der Waals surface area contributed by atoms with Gasteiger partial charge in [-0.05, 0) is 31.9 Å². The standard InChI is InChI=1S/C16H21N3O2.ClH/c1-16(17)9-4-3-8-13(16)15-18-14(19-21-15)11-6-5-7-12(10-11)20-2;/h5-7,10,13H,3-4,8-9,17H2,1-2H3;1H. The number of halogens is 1. The maximum absolute atomic E-state index is 6.40. The molecule has 1 saturated carbocycles. The number of hydrogen-bond acceptors (Lipinski definition) is 5. The van der Waals surface area contributed by atoms with Gasteiger partial charge in [-0.15, -0.1) is 12.4 Å². The molecule has 2 aromatic rings. The van der Waals surface area contributed by atoms with Crippen LogP contribution in [0.3, 0.4) is 0 Å². The molecule has 1 aliphatic carbocycles. The van der Waals surface area contributed by atoms with Gasteiger partial charge in [0.05, 0.1) is 13.0 Å². The Labute approximate surface area is 136 Å². The van der Waals surface area contributed by atoms with E-state index in [1.165, 1.54) is 6.42 Å². The molecule has 0 aliphatic heterocycles. The lowest BCUT2D eigenvalue weighted by Crippen LogP contribution is -2.44. The van der Waals surface area contributed by atoms with Crippen molar-refractivity contribution in [2.45, 2.75) is 44.1 Å². The van der Waals surface area contributed by atoms with E-state index in [0.29, 0.717) is 11.7 Å². The van der Waals surface area contributed by atoms with Gasteiger partial charge in [-0.2, -0.15) is 4.98 Å². The summed E-state index contributed by atoms with van der Waals surface area (Å²) in [5.74, 6) is 2.15. The van der Waals surface area contributed by atoms with E-state index in [1.807, 2.05) is 24.3 Å². The minimum Gasteiger partial charge on any atom is -0.497 e. The van der Waals surface area contributed by atoms with Gasteiger partial charge in [0.25, 0.3) is 0 Å². The molecular formula is C16H22ClN3O2. The van der Waals surface area contributed by atoms with E-state index in [0.717, 1.165) is 30.6 Å². The zero-order valence-electron chi connectivity index (χ0n) is 12.9. The van der Waals surface area contributed by atoms with Crippen molar-refractivity contribution < 1.29 is 9.26 Å². The van der Waals surface area contributed by atoms with Gasteiger partial charge >= 0.3 is 0 Å². The molecule has 5 nitrogen and oxygen atoms in total. The van der Waals surface area contributed by atoms with E-state index in [9.17, 15) is 0 Å². The monoisotopic (exact) mass is 323 g/mol. The summed E-state index contributed by atoms with van der Waals surface area (Å²) >= 11 is 0. The summed E-state index contributed by atoms with van der Waals surface area (Å²) in [6.07, 6.45) is 4.33. The zero-order valence-corrected chi connectivity index (χ0v) is 13.7. The minimum atomic E-state index is -0.267. The number of rotatable bonds is 3. The number of benzene rings is 1. The van der Waals surface area contributed by atoms with Gasteiger partial charge in [0.2, 0.25) is 11.7 Å². The number of aromatic nitrogens is 2. The molecule has 0 amide bonds. The summed E-state index contributed by atoms with van der Waals surface area (Å²) in [6, 6.07) is 7.65. The van der Waals surface area contributed by atoms with Crippen molar-refractivity contribution >= 4 is 12.4 Å². The first-order valence-electron chi connectivity index (χ1n) is 7.37. The van der Waals surface area contributed by atoms with Gasteiger partial charge in [0.1, 0.15) is 5.75 Å². The molecule has 0 spiro atoms. The fraction of sp³-hybridized carbons (Fsp3) is 0.500. The normalized spacial score (nSPS) is 24.6.